The zero-order valence-corrected chi connectivity index (χ0v) is 23.0. The van der Waals surface area contributed by atoms with Crippen molar-refractivity contribution in [2.75, 3.05) is 26.9 Å². The summed E-state index contributed by atoms with van der Waals surface area (Å²) in [5, 5.41) is 3.51. The first-order valence-corrected chi connectivity index (χ1v) is 13.6. The van der Waals surface area contributed by atoms with Crippen molar-refractivity contribution in [1.29, 1.82) is 0 Å². The second-order valence-electron chi connectivity index (χ2n) is 9.10. The molecule has 0 spiro atoms. The summed E-state index contributed by atoms with van der Waals surface area (Å²) < 4.78 is 16.5. The number of nitrogens with one attached hydrogen (secondary N) is 1. The van der Waals surface area contributed by atoms with Gasteiger partial charge in [-0.25, -0.2) is 0 Å². The molecule has 2 amide bonds. The molecule has 0 saturated carbocycles. The van der Waals surface area contributed by atoms with Crippen LogP contribution in [0.1, 0.15) is 74.8 Å². The molecule has 1 N–H and O–H groups in total. The quantitative estimate of drug-likeness (QED) is 0.322. The summed E-state index contributed by atoms with van der Waals surface area (Å²) in [5.74, 6) is 1.27. The van der Waals surface area contributed by atoms with E-state index < -0.39 is 0 Å². The minimum atomic E-state index is -0.241. The number of carbonyl (C=O) groups excluding carboxylic acids is 3. The van der Waals surface area contributed by atoms with Crippen molar-refractivity contribution in [3.63, 3.8) is 0 Å². The Kier molecular flexibility index (Phi) is 11.1. The fourth-order valence-corrected chi connectivity index (χ4v) is 4.76. The van der Waals surface area contributed by atoms with E-state index in [9.17, 15) is 14.4 Å². The van der Waals surface area contributed by atoms with Crippen LogP contribution >= 0.6 is 0 Å². The minimum absolute atomic E-state index is 0.0818. The van der Waals surface area contributed by atoms with Crippen molar-refractivity contribution in [2.24, 2.45) is 0 Å². The van der Waals surface area contributed by atoms with Crippen molar-refractivity contribution in [1.82, 2.24) is 10.2 Å². The number of rotatable bonds is 12. The Labute approximate surface area is 225 Å². The van der Waals surface area contributed by atoms with E-state index in [1.165, 1.54) is 4.90 Å². The summed E-state index contributed by atoms with van der Waals surface area (Å²) in [6, 6.07) is 11.9. The molecular weight excluding hydrogens is 484 g/mol. The molecule has 8 nitrogen and oxygen atoms in total. The number of amides is 2. The summed E-state index contributed by atoms with van der Waals surface area (Å²) in [4.78, 5) is 37.3. The largest absolute Gasteiger partial charge is 0.496 e. The molecule has 206 valence electrons. The number of hydrogen-bond donors (Lipinski definition) is 1. The van der Waals surface area contributed by atoms with Gasteiger partial charge >= 0.3 is 5.97 Å². The number of hydrogen-bond acceptors (Lipinski definition) is 7. The van der Waals surface area contributed by atoms with Crippen molar-refractivity contribution < 1.29 is 28.6 Å². The third kappa shape index (κ3) is 7.57. The van der Waals surface area contributed by atoms with Gasteiger partial charge in [-0.05, 0) is 54.2 Å². The topological polar surface area (TPSA) is 94.2 Å². The van der Waals surface area contributed by atoms with Crippen LogP contribution in [-0.4, -0.2) is 49.6 Å². The second kappa shape index (κ2) is 14.5. The Morgan fingerprint density at radius 1 is 1.08 bits per heavy atom. The Hall–Kier alpha value is -3.39. The number of methoxy groups -OCH3 is 1. The lowest BCUT2D eigenvalue weighted by Gasteiger charge is -2.20. The number of benzene rings is 2. The summed E-state index contributed by atoms with van der Waals surface area (Å²) in [7, 11) is 1.64. The fourth-order valence-electron chi connectivity index (χ4n) is 4.76. The standard InChI is InChI=1S/C28H34N2O6.C2H6/c1-3-35-28(33)17-23(21-8-9-24-22(16-21)12-14-36-24)29-18-19-6-7-20(25(15-19)34-2)5-4-13-30-26(31)10-11-27(30)32;1-2/h6-9,15-16,23,29H,3-5,10-14,17-18H2,1-2H3;1-2H3. The van der Waals surface area contributed by atoms with E-state index in [4.69, 9.17) is 14.2 Å². The fraction of sp³-hybridized carbons (Fsp3) is 0.500. The van der Waals surface area contributed by atoms with Gasteiger partial charge in [0.15, 0.2) is 0 Å². The number of likely N-dealkylation sites (tertiary alicyclic amines) is 1. The zero-order chi connectivity index (χ0) is 27.5. The molecule has 0 bridgehead atoms. The third-order valence-electron chi connectivity index (χ3n) is 6.68. The molecule has 0 aliphatic carbocycles. The number of nitrogens with zero attached hydrogens (tertiary/aromatic N) is 1. The van der Waals surface area contributed by atoms with Gasteiger partial charge in [-0.3, -0.25) is 19.3 Å². The van der Waals surface area contributed by atoms with E-state index in [-0.39, 0.29) is 30.2 Å². The van der Waals surface area contributed by atoms with Crippen molar-refractivity contribution in [3.05, 3.63) is 58.7 Å². The number of aryl methyl sites for hydroxylation is 1. The number of fused-ring (bicyclic) bond motifs is 1. The molecule has 1 fully saturated rings. The molecule has 4 rings (SSSR count). The van der Waals surface area contributed by atoms with Crippen LogP contribution in [-0.2, 0) is 38.5 Å². The molecular formula is C30H40N2O6. The summed E-state index contributed by atoms with van der Waals surface area (Å²) >= 11 is 0. The van der Waals surface area contributed by atoms with Gasteiger partial charge in [-0.2, -0.15) is 0 Å². The van der Waals surface area contributed by atoms with Gasteiger partial charge in [0.2, 0.25) is 11.8 Å². The maximum absolute atomic E-state index is 12.3. The van der Waals surface area contributed by atoms with Gasteiger partial charge in [-0.1, -0.05) is 38.1 Å². The van der Waals surface area contributed by atoms with Crippen LogP contribution in [0.5, 0.6) is 11.5 Å². The number of carbonyl (C=O) groups is 3. The molecule has 38 heavy (non-hydrogen) atoms. The number of ether oxygens (including phenoxy) is 3. The van der Waals surface area contributed by atoms with Gasteiger partial charge in [0.05, 0.1) is 26.7 Å². The highest BCUT2D eigenvalue weighted by atomic mass is 16.5. The van der Waals surface area contributed by atoms with Crippen LogP contribution in [0.15, 0.2) is 36.4 Å². The van der Waals surface area contributed by atoms with Crippen molar-refractivity contribution in [2.45, 2.75) is 71.9 Å². The average molecular weight is 525 g/mol. The molecule has 2 aliphatic rings. The van der Waals surface area contributed by atoms with E-state index in [0.29, 0.717) is 52.0 Å². The van der Waals surface area contributed by atoms with Crippen LogP contribution in [0.3, 0.4) is 0 Å². The first-order chi connectivity index (χ1) is 18.5. The maximum Gasteiger partial charge on any atom is 0.307 e. The lowest BCUT2D eigenvalue weighted by Crippen LogP contribution is -2.30. The van der Waals surface area contributed by atoms with Crippen molar-refractivity contribution in [3.8, 4) is 11.5 Å². The summed E-state index contributed by atoms with van der Waals surface area (Å²) in [5.41, 5.74) is 4.24. The molecule has 1 atom stereocenters. The molecule has 2 aromatic carbocycles. The maximum atomic E-state index is 12.3. The summed E-state index contributed by atoms with van der Waals surface area (Å²) in [6.45, 7) is 7.83. The summed E-state index contributed by atoms with van der Waals surface area (Å²) in [6.07, 6.45) is 3.14. The Balaban J connectivity index is 0.00000195. The number of esters is 1. The molecule has 2 heterocycles. The first kappa shape index (κ1) is 29.2. The van der Waals surface area contributed by atoms with Gasteiger partial charge in [0.1, 0.15) is 11.5 Å². The molecule has 0 aromatic heterocycles. The molecule has 0 radical (unpaired) electrons. The van der Waals surface area contributed by atoms with E-state index in [1.54, 1.807) is 7.11 Å². The van der Waals surface area contributed by atoms with E-state index in [1.807, 2.05) is 51.1 Å². The van der Waals surface area contributed by atoms with Crippen LogP contribution in [0.2, 0.25) is 0 Å². The molecule has 2 aliphatic heterocycles. The monoisotopic (exact) mass is 524 g/mol. The predicted octanol–water partition coefficient (Wildman–Crippen LogP) is 4.52. The van der Waals surface area contributed by atoms with E-state index >= 15 is 0 Å². The highest BCUT2D eigenvalue weighted by Crippen LogP contribution is 2.30. The zero-order valence-electron chi connectivity index (χ0n) is 23.0. The molecule has 8 heteroatoms. The van der Waals surface area contributed by atoms with Gasteiger partial charge in [0, 0.05) is 38.4 Å². The second-order valence-corrected chi connectivity index (χ2v) is 9.10. The Bertz CT molecular complexity index is 1100. The van der Waals surface area contributed by atoms with Crippen molar-refractivity contribution >= 4 is 17.8 Å². The minimum Gasteiger partial charge on any atom is -0.496 e. The van der Waals surface area contributed by atoms with E-state index in [0.717, 1.165) is 40.2 Å². The molecule has 1 unspecified atom stereocenters. The normalized spacial score (nSPS) is 14.9. The molecule has 2 aromatic rings. The van der Waals surface area contributed by atoms with Gasteiger partial charge < -0.3 is 19.5 Å². The van der Waals surface area contributed by atoms with E-state index in [2.05, 4.69) is 11.4 Å². The third-order valence-corrected chi connectivity index (χ3v) is 6.68. The predicted molar refractivity (Wildman–Crippen MR) is 145 cm³/mol. The average Bonchev–Trinajstić information content (AvgIpc) is 3.53. The Morgan fingerprint density at radius 3 is 2.55 bits per heavy atom. The highest BCUT2D eigenvalue weighted by Gasteiger charge is 2.28. The van der Waals surface area contributed by atoms with Crippen LogP contribution in [0, 0.1) is 0 Å². The molecule has 1 saturated heterocycles. The van der Waals surface area contributed by atoms with Crippen LogP contribution in [0.25, 0.3) is 0 Å². The lowest BCUT2D eigenvalue weighted by molar-refractivity contribution is -0.144. The van der Waals surface area contributed by atoms with Crippen LogP contribution < -0.4 is 14.8 Å². The van der Waals surface area contributed by atoms with Gasteiger partial charge in [-0.15, -0.1) is 0 Å². The first-order valence-electron chi connectivity index (χ1n) is 13.6. The Morgan fingerprint density at radius 2 is 1.84 bits per heavy atom. The number of imide groups is 1. The smallest absolute Gasteiger partial charge is 0.307 e. The van der Waals surface area contributed by atoms with Gasteiger partial charge in [0.25, 0.3) is 0 Å². The SMILES string of the molecule is CC.CCOC(=O)CC(NCc1ccc(CCCN2C(=O)CCC2=O)c(OC)c1)c1ccc2c(c1)CCO2. The lowest BCUT2D eigenvalue weighted by atomic mass is 9.99. The van der Waals surface area contributed by atoms with Crippen LogP contribution in [0.4, 0.5) is 0 Å². The highest BCUT2D eigenvalue weighted by molar-refractivity contribution is 6.01.